The number of hydrogen-bond donors (Lipinski definition) is 2. The van der Waals surface area contributed by atoms with Gasteiger partial charge >= 0.3 is 0 Å². The van der Waals surface area contributed by atoms with Gasteiger partial charge in [0.15, 0.2) is 23.4 Å². The summed E-state index contributed by atoms with van der Waals surface area (Å²) in [5.74, 6) is -0.450. The van der Waals surface area contributed by atoms with E-state index in [1.165, 1.54) is 6.07 Å². The third-order valence-corrected chi connectivity index (χ3v) is 3.69. The lowest BCUT2D eigenvalue weighted by atomic mass is 10.1. The number of benzene rings is 1. The van der Waals surface area contributed by atoms with E-state index >= 15 is 0 Å². The predicted octanol–water partition coefficient (Wildman–Crippen LogP) is 3.49. The smallest absolute Gasteiger partial charge is 0.246 e. The Morgan fingerprint density at radius 1 is 1.30 bits per heavy atom. The number of ether oxygens (including phenoxy) is 1. The van der Waals surface area contributed by atoms with Crippen molar-refractivity contribution in [1.82, 2.24) is 20.8 Å². The van der Waals surface area contributed by atoms with Crippen LogP contribution in [0.3, 0.4) is 0 Å². The summed E-state index contributed by atoms with van der Waals surface area (Å²) in [5, 5.41) is 9.99. The molecule has 150 valence electrons. The molecule has 7 nitrogen and oxygen atoms in total. The van der Waals surface area contributed by atoms with E-state index in [1.807, 2.05) is 20.8 Å². The highest BCUT2D eigenvalue weighted by molar-refractivity contribution is 14.0. The Kier molecular flexibility index (Phi) is 9.56. The minimum Gasteiger partial charge on any atom is -0.371 e. The Morgan fingerprint density at radius 2 is 2.04 bits per heavy atom. The number of rotatable bonds is 7. The van der Waals surface area contributed by atoms with Gasteiger partial charge in [-0.05, 0) is 38.5 Å². The van der Waals surface area contributed by atoms with Crippen LogP contribution in [0.5, 0.6) is 0 Å². The molecule has 0 saturated carbocycles. The van der Waals surface area contributed by atoms with Gasteiger partial charge in [0, 0.05) is 13.7 Å². The van der Waals surface area contributed by atoms with Gasteiger partial charge in [0.2, 0.25) is 5.89 Å². The Balaban J connectivity index is 0.00000364. The van der Waals surface area contributed by atoms with E-state index in [0.717, 1.165) is 12.1 Å². The van der Waals surface area contributed by atoms with Crippen LogP contribution in [0, 0.1) is 11.6 Å². The molecule has 0 fully saturated rings. The van der Waals surface area contributed by atoms with Gasteiger partial charge in [-0.3, -0.25) is 4.99 Å². The van der Waals surface area contributed by atoms with E-state index in [9.17, 15) is 8.78 Å². The lowest BCUT2D eigenvalue weighted by Gasteiger charge is -2.17. The van der Waals surface area contributed by atoms with Crippen molar-refractivity contribution in [3.05, 3.63) is 47.1 Å². The molecular formula is C17H24F2IN5O2. The van der Waals surface area contributed by atoms with Crippen LogP contribution in [-0.4, -0.2) is 29.8 Å². The van der Waals surface area contributed by atoms with E-state index < -0.39 is 11.6 Å². The van der Waals surface area contributed by atoms with Crippen LogP contribution in [0.4, 0.5) is 8.78 Å². The first kappa shape index (κ1) is 23.2. The molecule has 0 aliphatic rings. The zero-order chi connectivity index (χ0) is 19.1. The topological polar surface area (TPSA) is 84.6 Å². The van der Waals surface area contributed by atoms with Gasteiger partial charge in [0.1, 0.15) is 6.10 Å². The zero-order valence-electron chi connectivity index (χ0n) is 15.6. The lowest BCUT2D eigenvalue weighted by Crippen LogP contribution is -2.38. The van der Waals surface area contributed by atoms with E-state index in [4.69, 9.17) is 9.26 Å². The zero-order valence-corrected chi connectivity index (χ0v) is 18.0. The molecule has 0 aliphatic carbocycles. The van der Waals surface area contributed by atoms with Crippen molar-refractivity contribution in [2.45, 2.75) is 39.5 Å². The van der Waals surface area contributed by atoms with Crippen molar-refractivity contribution in [2.24, 2.45) is 4.99 Å². The molecule has 2 atom stereocenters. The summed E-state index contributed by atoms with van der Waals surface area (Å²) >= 11 is 0. The van der Waals surface area contributed by atoms with Gasteiger partial charge in [-0.25, -0.2) is 8.78 Å². The maximum Gasteiger partial charge on any atom is 0.246 e. The molecule has 0 aliphatic heterocycles. The molecule has 2 unspecified atom stereocenters. The Bertz CT molecular complexity index is 757. The first-order chi connectivity index (χ1) is 12.4. The molecule has 2 rings (SSSR count). The summed E-state index contributed by atoms with van der Waals surface area (Å²) in [6.07, 6.45) is -0.247. The summed E-state index contributed by atoms with van der Waals surface area (Å²) in [5.41, 5.74) is 0.595. The quantitative estimate of drug-likeness (QED) is 0.348. The maximum absolute atomic E-state index is 13.4. The van der Waals surface area contributed by atoms with Crippen molar-refractivity contribution < 1.29 is 18.0 Å². The van der Waals surface area contributed by atoms with Gasteiger partial charge in [0.05, 0.1) is 12.6 Å². The van der Waals surface area contributed by atoms with E-state index in [-0.39, 0.29) is 42.7 Å². The highest BCUT2D eigenvalue weighted by Crippen LogP contribution is 2.16. The molecule has 1 heterocycles. The second-order valence-corrected chi connectivity index (χ2v) is 5.61. The molecule has 2 aromatic rings. The summed E-state index contributed by atoms with van der Waals surface area (Å²) in [7, 11) is 1.60. The van der Waals surface area contributed by atoms with E-state index in [2.05, 4.69) is 25.8 Å². The fourth-order valence-corrected chi connectivity index (χ4v) is 2.25. The second-order valence-electron chi connectivity index (χ2n) is 5.61. The molecule has 0 saturated heterocycles. The van der Waals surface area contributed by atoms with Crippen LogP contribution in [0.15, 0.2) is 27.7 Å². The molecular weight excluding hydrogens is 471 g/mol. The largest absolute Gasteiger partial charge is 0.371 e. The summed E-state index contributed by atoms with van der Waals surface area (Å²) in [4.78, 5) is 8.35. The Labute approximate surface area is 174 Å². The molecule has 0 bridgehead atoms. The second kappa shape index (κ2) is 11.1. The van der Waals surface area contributed by atoms with Crippen LogP contribution < -0.4 is 10.6 Å². The fraction of sp³-hybridized carbons (Fsp3) is 0.471. The Hall–Kier alpha value is -1.82. The first-order valence-electron chi connectivity index (χ1n) is 8.30. The van der Waals surface area contributed by atoms with Gasteiger partial charge in [-0.1, -0.05) is 11.2 Å². The lowest BCUT2D eigenvalue weighted by molar-refractivity contribution is 0.0683. The minimum atomic E-state index is -0.888. The van der Waals surface area contributed by atoms with Crippen LogP contribution in [0.2, 0.25) is 0 Å². The number of halogens is 3. The van der Waals surface area contributed by atoms with Crippen LogP contribution in [0.25, 0.3) is 0 Å². The third-order valence-electron chi connectivity index (χ3n) is 3.69. The van der Waals surface area contributed by atoms with Crippen LogP contribution in [0.1, 0.15) is 50.2 Å². The molecule has 0 spiro atoms. The monoisotopic (exact) mass is 495 g/mol. The van der Waals surface area contributed by atoms with Crippen LogP contribution in [-0.2, 0) is 11.3 Å². The summed E-state index contributed by atoms with van der Waals surface area (Å²) < 4.78 is 37.0. The highest BCUT2D eigenvalue weighted by Gasteiger charge is 2.15. The third kappa shape index (κ3) is 6.69. The van der Waals surface area contributed by atoms with Crippen LogP contribution >= 0.6 is 24.0 Å². The van der Waals surface area contributed by atoms with Crippen molar-refractivity contribution >= 4 is 29.9 Å². The number of aliphatic imine (C=N–C) groups is 1. The van der Waals surface area contributed by atoms with E-state index in [1.54, 1.807) is 7.05 Å². The molecule has 0 amide bonds. The minimum absolute atomic E-state index is 0. The number of guanidine groups is 1. The van der Waals surface area contributed by atoms with Gasteiger partial charge in [0.25, 0.3) is 0 Å². The normalized spacial score (nSPS) is 13.6. The number of aromatic nitrogens is 2. The van der Waals surface area contributed by atoms with Crippen molar-refractivity contribution in [1.29, 1.82) is 0 Å². The number of hydrogen-bond acceptors (Lipinski definition) is 5. The highest BCUT2D eigenvalue weighted by atomic mass is 127. The van der Waals surface area contributed by atoms with Crippen molar-refractivity contribution in [2.75, 3.05) is 13.7 Å². The first-order valence-corrected chi connectivity index (χ1v) is 8.30. The average Bonchev–Trinajstić information content (AvgIpc) is 3.10. The molecule has 27 heavy (non-hydrogen) atoms. The summed E-state index contributed by atoms with van der Waals surface area (Å²) in [6.45, 7) is 6.37. The fourth-order valence-electron chi connectivity index (χ4n) is 2.25. The maximum atomic E-state index is 13.4. The SMILES string of the molecule is CCOC(C)c1noc(CNC(=NC)NC(C)c2ccc(F)c(F)c2)n1.I. The summed E-state index contributed by atoms with van der Waals surface area (Å²) in [6, 6.07) is 3.48. The number of nitrogens with zero attached hydrogens (tertiary/aromatic N) is 3. The molecule has 2 N–H and O–H groups in total. The molecule has 1 aromatic heterocycles. The van der Waals surface area contributed by atoms with E-state index in [0.29, 0.717) is 29.8 Å². The van der Waals surface area contributed by atoms with Crippen molar-refractivity contribution in [3.63, 3.8) is 0 Å². The van der Waals surface area contributed by atoms with Crippen molar-refractivity contribution in [3.8, 4) is 0 Å². The standard InChI is InChI=1S/C17H23F2N5O2.HI/c1-5-25-11(3)16-23-15(26-24-16)9-21-17(20-4)22-10(2)12-6-7-13(18)14(19)8-12;/h6-8,10-11H,5,9H2,1-4H3,(H2,20,21,22);1H. The number of nitrogens with one attached hydrogen (secondary N) is 2. The van der Waals surface area contributed by atoms with Gasteiger partial charge in [-0.15, -0.1) is 24.0 Å². The molecule has 10 heteroatoms. The Morgan fingerprint density at radius 3 is 2.67 bits per heavy atom. The predicted molar refractivity (Wildman–Crippen MR) is 108 cm³/mol. The molecule has 1 aromatic carbocycles. The average molecular weight is 495 g/mol. The molecule has 0 radical (unpaired) electrons. The van der Waals surface area contributed by atoms with Gasteiger partial charge < -0.3 is 19.9 Å². The van der Waals surface area contributed by atoms with Gasteiger partial charge in [-0.2, -0.15) is 4.98 Å².